The van der Waals surface area contributed by atoms with E-state index in [2.05, 4.69) is 13.8 Å². The Hall–Kier alpha value is -1.88. The van der Waals surface area contributed by atoms with E-state index >= 15 is 0 Å². The van der Waals surface area contributed by atoms with Crippen molar-refractivity contribution in [2.45, 2.75) is 58.0 Å². The number of carbonyl (C=O) groups is 2. The SMILES string of the molecule is COC(=O)C1=CCC[C@H]2[C@@](O)(CC[C@@H](C)[C@]2(C)CC(=O)c2ccoc2)C1. The van der Waals surface area contributed by atoms with Crippen molar-refractivity contribution in [2.75, 3.05) is 7.11 Å². The molecule has 1 aromatic rings. The fourth-order valence-corrected chi connectivity index (χ4v) is 5.02. The smallest absolute Gasteiger partial charge is 0.333 e. The summed E-state index contributed by atoms with van der Waals surface area (Å²) < 4.78 is 9.93. The Morgan fingerprint density at radius 2 is 2.15 bits per heavy atom. The van der Waals surface area contributed by atoms with Crippen LogP contribution in [-0.4, -0.2) is 29.6 Å². The standard InChI is InChI=1S/C21H28O5/c1-14-7-9-21(24)11-15(19(23)25-3)5-4-6-18(21)20(14,2)12-17(22)16-8-10-26-13-16/h5,8,10,13-14,18,24H,4,6-7,9,11-12H2,1-3H3/t14-,18-,20+,21-/m1/s1. The molecular weight excluding hydrogens is 332 g/mol. The highest BCUT2D eigenvalue weighted by atomic mass is 16.5. The van der Waals surface area contributed by atoms with Gasteiger partial charge in [-0.2, -0.15) is 0 Å². The lowest BCUT2D eigenvalue weighted by Crippen LogP contribution is -2.54. The minimum Gasteiger partial charge on any atom is -0.472 e. The first-order chi connectivity index (χ1) is 12.3. The Morgan fingerprint density at radius 1 is 1.38 bits per heavy atom. The average Bonchev–Trinajstić information content (AvgIpc) is 3.08. The van der Waals surface area contributed by atoms with Gasteiger partial charge >= 0.3 is 5.97 Å². The molecule has 1 fully saturated rings. The summed E-state index contributed by atoms with van der Waals surface area (Å²) in [7, 11) is 1.37. The summed E-state index contributed by atoms with van der Waals surface area (Å²) in [6, 6.07) is 1.69. The maximum absolute atomic E-state index is 12.8. The van der Waals surface area contributed by atoms with Gasteiger partial charge in [-0.15, -0.1) is 0 Å². The summed E-state index contributed by atoms with van der Waals surface area (Å²) in [5.74, 6) is -0.0621. The first-order valence-corrected chi connectivity index (χ1v) is 9.35. The lowest BCUT2D eigenvalue weighted by atomic mass is 9.52. The Labute approximate surface area is 154 Å². The maximum Gasteiger partial charge on any atom is 0.333 e. The van der Waals surface area contributed by atoms with Gasteiger partial charge in [0.2, 0.25) is 0 Å². The first-order valence-electron chi connectivity index (χ1n) is 9.35. The minimum atomic E-state index is -0.978. The molecule has 0 spiro atoms. The van der Waals surface area contributed by atoms with Gasteiger partial charge in [-0.1, -0.05) is 19.9 Å². The Balaban J connectivity index is 1.89. The van der Waals surface area contributed by atoms with Crippen molar-refractivity contribution in [3.8, 4) is 0 Å². The van der Waals surface area contributed by atoms with Crippen LogP contribution in [0.15, 0.2) is 34.7 Å². The van der Waals surface area contributed by atoms with Crippen LogP contribution in [0.2, 0.25) is 0 Å². The fourth-order valence-electron chi connectivity index (χ4n) is 5.02. The van der Waals surface area contributed by atoms with E-state index in [-0.39, 0.29) is 23.1 Å². The molecule has 1 N–H and O–H groups in total. The number of allylic oxidation sites excluding steroid dienone is 1. The van der Waals surface area contributed by atoms with Gasteiger partial charge < -0.3 is 14.3 Å². The van der Waals surface area contributed by atoms with Crippen LogP contribution < -0.4 is 0 Å². The van der Waals surface area contributed by atoms with E-state index in [1.54, 1.807) is 6.07 Å². The summed E-state index contributed by atoms with van der Waals surface area (Å²) in [5, 5.41) is 11.5. The molecule has 0 bridgehead atoms. The highest BCUT2D eigenvalue weighted by molar-refractivity contribution is 5.96. The van der Waals surface area contributed by atoms with Crippen molar-refractivity contribution >= 4 is 11.8 Å². The molecule has 1 aromatic heterocycles. The number of Topliss-reactive ketones (excluding diaryl/α,β-unsaturated/α-hetero) is 1. The van der Waals surface area contributed by atoms with Gasteiger partial charge in [0.1, 0.15) is 6.26 Å². The van der Waals surface area contributed by atoms with Crippen molar-refractivity contribution in [3.05, 3.63) is 35.8 Å². The third-order valence-corrected chi connectivity index (χ3v) is 6.76. The summed E-state index contributed by atoms with van der Waals surface area (Å²) in [6.07, 6.45) is 8.49. The molecule has 0 amide bonds. The summed E-state index contributed by atoms with van der Waals surface area (Å²) >= 11 is 0. The van der Waals surface area contributed by atoms with E-state index in [1.807, 2.05) is 6.08 Å². The number of aliphatic hydroxyl groups is 1. The molecule has 1 saturated carbocycles. The molecule has 4 atom stereocenters. The van der Waals surface area contributed by atoms with Crippen molar-refractivity contribution < 1.29 is 23.8 Å². The van der Waals surface area contributed by atoms with Crippen LogP contribution in [0, 0.1) is 17.3 Å². The summed E-state index contributed by atoms with van der Waals surface area (Å²) in [4.78, 5) is 24.8. The number of furan rings is 1. The van der Waals surface area contributed by atoms with Crippen molar-refractivity contribution in [3.63, 3.8) is 0 Å². The summed E-state index contributed by atoms with van der Waals surface area (Å²) in [6.45, 7) is 4.29. The predicted octanol–water partition coefficient (Wildman–Crippen LogP) is 3.92. The van der Waals surface area contributed by atoms with Crippen LogP contribution in [0.1, 0.15) is 62.7 Å². The van der Waals surface area contributed by atoms with Crippen molar-refractivity contribution in [1.82, 2.24) is 0 Å². The second-order valence-corrected chi connectivity index (χ2v) is 8.19. The number of esters is 1. The normalized spacial score (nSPS) is 34.4. The lowest BCUT2D eigenvalue weighted by molar-refractivity contribution is -0.143. The van der Waals surface area contributed by atoms with E-state index in [9.17, 15) is 14.7 Å². The number of carbonyl (C=O) groups excluding carboxylic acids is 2. The van der Waals surface area contributed by atoms with Gasteiger partial charge in [0.05, 0.1) is 24.5 Å². The van der Waals surface area contributed by atoms with Gasteiger partial charge in [-0.05, 0) is 49.0 Å². The number of ether oxygens (including phenoxy) is 1. The minimum absolute atomic E-state index is 0.0442. The van der Waals surface area contributed by atoms with Crippen molar-refractivity contribution in [1.29, 1.82) is 0 Å². The predicted molar refractivity (Wildman–Crippen MR) is 96.6 cm³/mol. The maximum atomic E-state index is 12.8. The van der Waals surface area contributed by atoms with E-state index < -0.39 is 5.60 Å². The van der Waals surface area contributed by atoms with E-state index in [0.29, 0.717) is 42.7 Å². The molecule has 5 nitrogen and oxygen atoms in total. The third-order valence-electron chi connectivity index (χ3n) is 6.76. The van der Waals surface area contributed by atoms with Crippen LogP contribution in [0.25, 0.3) is 0 Å². The summed E-state index contributed by atoms with van der Waals surface area (Å²) in [5.41, 5.74) is -0.181. The van der Waals surface area contributed by atoms with Gasteiger partial charge in [0.25, 0.3) is 0 Å². The van der Waals surface area contributed by atoms with Crippen molar-refractivity contribution in [2.24, 2.45) is 17.3 Å². The molecule has 0 radical (unpaired) electrons. The topological polar surface area (TPSA) is 76.7 Å². The zero-order valence-electron chi connectivity index (χ0n) is 15.8. The van der Waals surface area contributed by atoms with Crippen LogP contribution in [0.3, 0.4) is 0 Å². The lowest BCUT2D eigenvalue weighted by Gasteiger charge is -2.54. The Bertz CT molecular complexity index is 704. The number of hydrogen-bond donors (Lipinski definition) is 1. The van der Waals surface area contributed by atoms with E-state index in [4.69, 9.17) is 9.15 Å². The number of ketones is 1. The number of rotatable bonds is 4. The molecule has 0 saturated heterocycles. The zero-order chi connectivity index (χ0) is 18.9. The van der Waals surface area contributed by atoms with Crippen LogP contribution in [0.5, 0.6) is 0 Å². The molecule has 2 aliphatic rings. The molecule has 0 aromatic carbocycles. The second kappa shape index (κ2) is 7.03. The third kappa shape index (κ3) is 3.25. The van der Waals surface area contributed by atoms with E-state index in [0.717, 1.165) is 12.8 Å². The first kappa shape index (κ1) is 18.9. The molecule has 0 unspecified atom stereocenters. The highest BCUT2D eigenvalue weighted by Gasteiger charge is 2.55. The fraction of sp³-hybridized carbons (Fsp3) is 0.619. The zero-order valence-corrected chi connectivity index (χ0v) is 15.8. The van der Waals surface area contributed by atoms with Gasteiger partial charge in [0.15, 0.2) is 5.78 Å². The molecule has 142 valence electrons. The van der Waals surface area contributed by atoms with E-state index in [1.165, 1.54) is 19.6 Å². The van der Waals surface area contributed by atoms with Crippen LogP contribution >= 0.6 is 0 Å². The number of hydrogen-bond acceptors (Lipinski definition) is 5. The second-order valence-electron chi connectivity index (χ2n) is 8.19. The van der Waals surface area contributed by atoms with Gasteiger partial charge in [0, 0.05) is 18.4 Å². The monoisotopic (exact) mass is 360 g/mol. The van der Waals surface area contributed by atoms with Crippen LogP contribution in [0.4, 0.5) is 0 Å². The molecule has 2 aliphatic carbocycles. The number of methoxy groups -OCH3 is 1. The highest BCUT2D eigenvalue weighted by Crippen LogP contribution is 2.56. The van der Waals surface area contributed by atoms with Gasteiger partial charge in [-0.3, -0.25) is 4.79 Å². The largest absolute Gasteiger partial charge is 0.472 e. The average molecular weight is 360 g/mol. The molecular formula is C21H28O5. The Morgan fingerprint density at radius 3 is 2.81 bits per heavy atom. The quantitative estimate of drug-likeness (QED) is 0.650. The number of fused-ring (bicyclic) bond motifs is 1. The molecule has 3 rings (SSSR count). The molecule has 1 heterocycles. The molecule has 5 heteroatoms. The molecule has 0 aliphatic heterocycles. The van der Waals surface area contributed by atoms with Gasteiger partial charge in [-0.25, -0.2) is 4.79 Å². The molecule has 26 heavy (non-hydrogen) atoms. The Kier molecular flexibility index (Phi) is 5.11. The van der Waals surface area contributed by atoms with Crippen LogP contribution in [-0.2, 0) is 9.53 Å².